The first-order chi connectivity index (χ1) is 6.22. The Labute approximate surface area is 79.4 Å². The first-order valence-electron chi connectivity index (χ1n) is 4.68. The fourth-order valence-corrected chi connectivity index (χ4v) is 0.943. The number of hydrogen-bond acceptors (Lipinski definition) is 3. The van der Waals surface area contributed by atoms with Crippen LogP contribution in [0.1, 0.15) is 32.6 Å². The highest BCUT2D eigenvalue weighted by Gasteiger charge is 2.14. The van der Waals surface area contributed by atoms with E-state index in [1.165, 1.54) is 6.08 Å². The van der Waals surface area contributed by atoms with E-state index in [0.717, 1.165) is 19.3 Å². The minimum atomic E-state index is -0.966. The molecule has 0 aliphatic carbocycles. The number of esters is 1. The molecule has 0 aliphatic rings. The summed E-state index contributed by atoms with van der Waals surface area (Å²) in [6.07, 6.45) is 3.98. The molecule has 1 unspecified atom stereocenters. The van der Waals surface area contributed by atoms with Gasteiger partial charge >= 0.3 is 5.97 Å². The van der Waals surface area contributed by atoms with E-state index < -0.39 is 12.1 Å². The Kier molecular flexibility index (Phi) is 7.30. The van der Waals surface area contributed by atoms with Crippen molar-refractivity contribution in [2.24, 2.45) is 0 Å². The zero-order chi connectivity index (χ0) is 10.1. The first kappa shape index (κ1) is 12.2. The zero-order valence-corrected chi connectivity index (χ0v) is 8.16. The van der Waals surface area contributed by atoms with Gasteiger partial charge in [-0.15, -0.1) is 0 Å². The monoisotopic (exact) mass is 186 g/mol. The average molecular weight is 186 g/mol. The van der Waals surface area contributed by atoms with Crippen molar-refractivity contribution in [3.8, 4) is 0 Å². The molecule has 1 atom stereocenters. The van der Waals surface area contributed by atoms with Crippen LogP contribution in [0.4, 0.5) is 0 Å². The van der Waals surface area contributed by atoms with Crippen LogP contribution < -0.4 is 0 Å². The van der Waals surface area contributed by atoms with Crippen LogP contribution in [0.2, 0.25) is 0 Å². The first-order valence-corrected chi connectivity index (χ1v) is 4.68. The average Bonchev–Trinajstić information content (AvgIpc) is 2.14. The van der Waals surface area contributed by atoms with Gasteiger partial charge in [-0.25, -0.2) is 4.79 Å². The van der Waals surface area contributed by atoms with Crippen molar-refractivity contribution < 1.29 is 14.6 Å². The Balaban J connectivity index is 3.50. The fourth-order valence-electron chi connectivity index (χ4n) is 0.943. The highest BCUT2D eigenvalue weighted by Crippen LogP contribution is 2.04. The summed E-state index contributed by atoms with van der Waals surface area (Å²) in [7, 11) is 0. The molecule has 0 saturated carbocycles. The van der Waals surface area contributed by atoms with Crippen molar-refractivity contribution in [3.05, 3.63) is 12.7 Å². The highest BCUT2D eigenvalue weighted by molar-refractivity contribution is 5.74. The fraction of sp³-hybridized carbons (Fsp3) is 0.700. The summed E-state index contributed by atoms with van der Waals surface area (Å²) in [5, 5.41) is 9.26. The number of ether oxygens (including phenoxy) is 1. The minimum Gasteiger partial charge on any atom is -0.460 e. The standard InChI is InChI=1S/C10H18O3/c1-3-5-6-7-9(11)10(12)13-8-4-2/h4,9,11H,2-3,5-8H2,1H3. The largest absolute Gasteiger partial charge is 0.460 e. The van der Waals surface area contributed by atoms with E-state index in [1.807, 2.05) is 0 Å². The van der Waals surface area contributed by atoms with E-state index in [2.05, 4.69) is 18.2 Å². The van der Waals surface area contributed by atoms with Gasteiger partial charge in [0.15, 0.2) is 6.10 Å². The molecule has 0 aromatic carbocycles. The normalized spacial score (nSPS) is 12.2. The second kappa shape index (κ2) is 7.80. The van der Waals surface area contributed by atoms with Crippen LogP contribution in [-0.4, -0.2) is 23.8 Å². The molecule has 0 radical (unpaired) electrons. The number of rotatable bonds is 7. The lowest BCUT2D eigenvalue weighted by atomic mass is 10.1. The molecule has 0 heterocycles. The Morgan fingerprint density at radius 3 is 2.85 bits per heavy atom. The van der Waals surface area contributed by atoms with Gasteiger partial charge in [0.2, 0.25) is 0 Å². The van der Waals surface area contributed by atoms with E-state index in [9.17, 15) is 9.90 Å². The molecule has 0 aliphatic heterocycles. The van der Waals surface area contributed by atoms with Crippen molar-refractivity contribution in [3.63, 3.8) is 0 Å². The molecule has 3 heteroatoms. The second-order valence-electron chi connectivity index (χ2n) is 2.93. The Hall–Kier alpha value is -0.830. The van der Waals surface area contributed by atoms with E-state index in [0.29, 0.717) is 6.42 Å². The maximum Gasteiger partial charge on any atom is 0.335 e. The molecule has 0 amide bonds. The Bertz CT molecular complexity index is 154. The molecule has 0 aromatic heterocycles. The third kappa shape index (κ3) is 6.34. The Morgan fingerprint density at radius 2 is 2.31 bits per heavy atom. The van der Waals surface area contributed by atoms with E-state index >= 15 is 0 Å². The predicted octanol–water partition coefficient (Wildman–Crippen LogP) is 1.66. The number of hydrogen-bond donors (Lipinski definition) is 1. The lowest BCUT2D eigenvalue weighted by Crippen LogP contribution is -2.22. The van der Waals surface area contributed by atoms with E-state index in [4.69, 9.17) is 0 Å². The molecular weight excluding hydrogens is 168 g/mol. The van der Waals surface area contributed by atoms with Gasteiger partial charge in [-0.05, 0) is 6.42 Å². The predicted molar refractivity (Wildman–Crippen MR) is 51.3 cm³/mol. The highest BCUT2D eigenvalue weighted by atomic mass is 16.5. The zero-order valence-electron chi connectivity index (χ0n) is 8.16. The second-order valence-corrected chi connectivity index (χ2v) is 2.93. The van der Waals surface area contributed by atoms with E-state index in [-0.39, 0.29) is 6.61 Å². The lowest BCUT2D eigenvalue weighted by molar-refractivity contribution is -0.152. The van der Waals surface area contributed by atoms with Crippen molar-refractivity contribution in [2.75, 3.05) is 6.61 Å². The number of aliphatic hydroxyl groups is 1. The van der Waals surface area contributed by atoms with Crippen molar-refractivity contribution >= 4 is 5.97 Å². The van der Waals surface area contributed by atoms with Crippen molar-refractivity contribution in [1.29, 1.82) is 0 Å². The molecule has 13 heavy (non-hydrogen) atoms. The van der Waals surface area contributed by atoms with Crippen LogP contribution in [0.5, 0.6) is 0 Å². The number of carbonyl (C=O) groups is 1. The van der Waals surface area contributed by atoms with Crippen LogP contribution in [-0.2, 0) is 9.53 Å². The molecule has 0 saturated heterocycles. The molecule has 1 N–H and O–H groups in total. The lowest BCUT2D eigenvalue weighted by Gasteiger charge is -2.08. The number of unbranched alkanes of at least 4 members (excludes halogenated alkanes) is 2. The molecule has 3 nitrogen and oxygen atoms in total. The van der Waals surface area contributed by atoms with Gasteiger partial charge in [0.25, 0.3) is 0 Å². The van der Waals surface area contributed by atoms with E-state index in [1.54, 1.807) is 0 Å². The van der Waals surface area contributed by atoms with Gasteiger partial charge in [-0.1, -0.05) is 38.8 Å². The maximum absolute atomic E-state index is 11.0. The van der Waals surface area contributed by atoms with Gasteiger partial charge < -0.3 is 9.84 Å². The topological polar surface area (TPSA) is 46.5 Å². The summed E-state index contributed by atoms with van der Waals surface area (Å²) in [6.45, 7) is 5.65. The number of aliphatic hydroxyl groups excluding tert-OH is 1. The number of carbonyl (C=O) groups excluding carboxylic acids is 1. The van der Waals surface area contributed by atoms with Crippen molar-refractivity contribution in [2.45, 2.75) is 38.7 Å². The van der Waals surface area contributed by atoms with Gasteiger partial charge in [-0.2, -0.15) is 0 Å². The van der Waals surface area contributed by atoms with Crippen LogP contribution in [0.25, 0.3) is 0 Å². The van der Waals surface area contributed by atoms with Gasteiger partial charge in [0.05, 0.1) is 0 Å². The SMILES string of the molecule is C=CCOC(=O)C(O)CCCCC. The van der Waals surface area contributed by atoms with Crippen molar-refractivity contribution in [1.82, 2.24) is 0 Å². The minimum absolute atomic E-state index is 0.170. The molecule has 0 fully saturated rings. The van der Waals surface area contributed by atoms with Crippen LogP contribution >= 0.6 is 0 Å². The maximum atomic E-state index is 11.0. The quantitative estimate of drug-likeness (QED) is 0.373. The molecule has 0 aromatic rings. The smallest absolute Gasteiger partial charge is 0.335 e. The third-order valence-electron chi connectivity index (χ3n) is 1.70. The molecular formula is C10H18O3. The summed E-state index contributed by atoms with van der Waals surface area (Å²) in [4.78, 5) is 11.0. The molecule has 0 spiro atoms. The summed E-state index contributed by atoms with van der Waals surface area (Å²) in [5.41, 5.74) is 0. The molecule has 0 bridgehead atoms. The summed E-state index contributed by atoms with van der Waals surface area (Å²) < 4.78 is 4.68. The molecule has 76 valence electrons. The summed E-state index contributed by atoms with van der Waals surface area (Å²) in [6, 6.07) is 0. The van der Waals surface area contributed by atoms with Crippen LogP contribution in [0.15, 0.2) is 12.7 Å². The Morgan fingerprint density at radius 1 is 1.62 bits per heavy atom. The van der Waals surface area contributed by atoms with Crippen LogP contribution in [0, 0.1) is 0 Å². The van der Waals surface area contributed by atoms with Gasteiger partial charge in [-0.3, -0.25) is 0 Å². The summed E-state index contributed by atoms with van der Waals surface area (Å²) in [5.74, 6) is -0.545. The molecule has 0 rings (SSSR count). The van der Waals surface area contributed by atoms with Gasteiger partial charge in [0.1, 0.15) is 6.61 Å². The summed E-state index contributed by atoms with van der Waals surface area (Å²) >= 11 is 0. The van der Waals surface area contributed by atoms with Gasteiger partial charge in [0, 0.05) is 0 Å². The van der Waals surface area contributed by atoms with Crippen LogP contribution in [0.3, 0.4) is 0 Å². The third-order valence-corrected chi connectivity index (χ3v) is 1.70.